The highest BCUT2D eigenvalue weighted by atomic mass is 32.2. The van der Waals surface area contributed by atoms with Crippen LogP contribution < -0.4 is 0 Å². The van der Waals surface area contributed by atoms with Gasteiger partial charge in [-0.3, -0.25) is 0 Å². The van der Waals surface area contributed by atoms with Gasteiger partial charge in [0.1, 0.15) is 0 Å². The van der Waals surface area contributed by atoms with Crippen molar-refractivity contribution in [3.8, 4) is 0 Å². The van der Waals surface area contributed by atoms with Crippen LogP contribution in [-0.2, 0) is 0 Å². The largest absolute Gasteiger partial charge is 0.179 e. The van der Waals surface area contributed by atoms with E-state index in [1.54, 1.807) is 0 Å². The highest BCUT2D eigenvalue weighted by Gasteiger charge is 2.37. The molecular weight excluding hydrogens is 301 g/mol. The highest BCUT2D eigenvalue weighted by molar-refractivity contribution is 8.27. The Kier molecular flexibility index (Phi) is 7.98. The van der Waals surface area contributed by atoms with Crippen LogP contribution in [0, 0.1) is 0 Å². The van der Waals surface area contributed by atoms with E-state index < -0.39 is 0 Å². The molecular formula is C9H16S6. The second-order valence-electron chi connectivity index (χ2n) is 3.04. The van der Waals surface area contributed by atoms with Crippen LogP contribution in [0.2, 0.25) is 0 Å². The summed E-state index contributed by atoms with van der Waals surface area (Å²) >= 11 is 16.5. The zero-order valence-corrected chi connectivity index (χ0v) is 13.6. The van der Waals surface area contributed by atoms with Gasteiger partial charge < -0.3 is 0 Å². The van der Waals surface area contributed by atoms with Gasteiger partial charge in [-0.25, -0.2) is 0 Å². The molecule has 0 aromatic carbocycles. The lowest BCUT2D eigenvalue weighted by Gasteiger charge is -2.31. The first kappa shape index (κ1) is 14.9. The molecule has 15 heavy (non-hydrogen) atoms. The van der Waals surface area contributed by atoms with E-state index in [4.69, 9.17) is 0 Å². The average Bonchev–Trinajstić information content (AvgIpc) is 2.66. The Bertz CT molecular complexity index is 189. The van der Waals surface area contributed by atoms with Crippen molar-refractivity contribution in [2.24, 2.45) is 0 Å². The molecule has 1 aliphatic heterocycles. The zero-order chi connectivity index (χ0) is 11.1. The molecule has 0 saturated heterocycles. The first-order valence-electron chi connectivity index (χ1n) is 4.68. The van der Waals surface area contributed by atoms with E-state index in [1.807, 2.05) is 47.0 Å². The third kappa shape index (κ3) is 4.92. The van der Waals surface area contributed by atoms with Crippen LogP contribution in [-0.4, -0.2) is 31.7 Å². The SMILES string of the molecule is CC1(C(SCCS)SCCS)SC=CS1. The fraction of sp³-hybridized carbons (Fsp3) is 0.778. The zero-order valence-electron chi connectivity index (χ0n) is 8.59. The van der Waals surface area contributed by atoms with Gasteiger partial charge in [0.2, 0.25) is 0 Å². The fourth-order valence-corrected chi connectivity index (χ4v) is 7.22. The molecule has 0 nitrogen and oxygen atoms in total. The lowest BCUT2D eigenvalue weighted by Crippen LogP contribution is -2.26. The smallest absolute Gasteiger partial charge is 0.0874 e. The van der Waals surface area contributed by atoms with Crippen LogP contribution >= 0.6 is 72.3 Å². The van der Waals surface area contributed by atoms with Crippen molar-refractivity contribution in [3.05, 3.63) is 10.8 Å². The predicted octanol–water partition coefficient (Wildman–Crippen LogP) is 4.31. The second-order valence-corrected chi connectivity index (χ2v) is 9.63. The molecule has 0 radical (unpaired) electrons. The van der Waals surface area contributed by atoms with Gasteiger partial charge in [0, 0.05) is 11.5 Å². The van der Waals surface area contributed by atoms with E-state index in [0.29, 0.717) is 8.66 Å². The number of thioether (sulfide) groups is 4. The number of rotatable bonds is 7. The van der Waals surface area contributed by atoms with Gasteiger partial charge in [-0.2, -0.15) is 25.3 Å². The molecule has 0 spiro atoms. The van der Waals surface area contributed by atoms with Gasteiger partial charge in [-0.15, -0.1) is 47.0 Å². The van der Waals surface area contributed by atoms with Crippen LogP contribution in [0.5, 0.6) is 0 Å². The number of hydrogen-bond donors (Lipinski definition) is 2. The molecule has 0 aromatic rings. The maximum absolute atomic E-state index is 4.28. The normalized spacial score (nSPS) is 18.9. The lowest BCUT2D eigenvalue weighted by molar-refractivity contribution is 1.01. The summed E-state index contributed by atoms with van der Waals surface area (Å²) in [5, 5.41) is 4.42. The summed E-state index contributed by atoms with van der Waals surface area (Å²) in [6, 6.07) is 0. The van der Waals surface area contributed by atoms with Gasteiger partial charge in [-0.1, -0.05) is 0 Å². The molecule has 0 saturated carbocycles. The van der Waals surface area contributed by atoms with Crippen molar-refractivity contribution < 1.29 is 0 Å². The van der Waals surface area contributed by atoms with Crippen molar-refractivity contribution in [2.45, 2.75) is 15.6 Å². The Morgan fingerprint density at radius 1 is 1.13 bits per heavy atom. The van der Waals surface area contributed by atoms with E-state index in [1.165, 1.54) is 0 Å². The fourth-order valence-electron chi connectivity index (χ4n) is 1.13. The summed E-state index contributed by atoms with van der Waals surface area (Å²) in [5.41, 5.74) is 0. The molecule has 0 aliphatic carbocycles. The minimum absolute atomic E-state index is 0.293. The molecule has 0 atom stereocenters. The first-order valence-corrected chi connectivity index (χ1v) is 9.80. The summed E-state index contributed by atoms with van der Waals surface area (Å²) in [7, 11) is 0. The van der Waals surface area contributed by atoms with Crippen molar-refractivity contribution in [3.63, 3.8) is 0 Å². The third-order valence-electron chi connectivity index (χ3n) is 1.81. The van der Waals surface area contributed by atoms with Crippen LogP contribution in [0.25, 0.3) is 0 Å². The lowest BCUT2D eigenvalue weighted by atomic mass is 10.5. The minimum Gasteiger partial charge on any atom is -0.179 e. The molecule has 0 N–H and O–H groups in total. The van der Waals surface area contributed by atoms with Crippen LogP contribution in [0.1, 0.15) is 6.92 Å². The molecule has 1 heterocycles. The average molecular weight is 317 g/mol. The van der Waals surface area contributed by atoms with E-state index in [0.717, 1.165) is 23.0 Å². The van der Waals surface area contributed by atoms with Crippen LogP contribution in [0.3, 0.4) is 0 Å². The maximum atomic E-state index is 4.28. The van der Waals surface area contributed by atoms with Crippen molar-refractivity contribution >= 4 is 72.3 Å². The topological polar surface area (TPSA) is 0 Å². The van der Waals surface area contributed by atoms with Gasteiger partial charge in [0.15, 0.2) is 0 Å². The van der Waals surface area contributed by atoms with Crippen molar-refractivity contribution in [1.29, 1.82) is 0 Å². The van der Waals surface area contributed by atoms with Gasteiger partial charge in [-0.05, 0) is 29.2 Å². The molecule has 1 rings (SSSR count). The second kappa shape index (κ2) is 8.03. The van der Waals surface area contributed by atoms with Crippen LogP contribution in [0.4, 0.5) is 0 Å². The van der Waals surface area contributed by atoms with Gasteiger partial charge >= 0.3 is 0 Å². The highest BCUT2D eigenvalue weighted by Crippen LogP contribution is 2.53. The predicted molar refractivity (Wildman–Crippen MR) is 89.1 cm³/mol. The molecule has 1 aliphatic rings. The monoisotopic (exact) mass is 316 g/mol. The molecule has 0 aromatic heterocycles. The third-order valence-corrected chi connectivity index (χ3v) is 9.40. The number of hydrogen-bond acceptors (Lipinski definition) is 6. The summed E-state index contributed by atoms with van der Waals surface area (Å²) in [6.07, 6.45) is 0. The van der Waals surface area contributed by atoms with Gasteiger partial charge in [0.25, 0.3) is 0 Å². The van der Waals surface area contributed by atoms with E-state index in [-0.39, 0.29) is 0 Å². The molecule has 0 bridgehead atoms. The Morgan fingerprint density at radius 2 is 1.60 bits per heavy atom. The summed E-state index contributed by atoms with van der Waals surface area (Å²) in [4.78, 5) is 0. The Labute approximate surface area is 121 Å². The Morgan fingerprint density at radius 3 is 2.00 bits per heavy atom. The van der Waals surface area contributed by atoms with Crippen molar-refractivity contribution in [1.82, 2.24) is 0 Å². The van der Waals surface area contributed by atoms with Crippen LogP contribution in [0.15, 0.2) is 10.8 Å². The number of thiol groups is 2. The molecule has 0 fully saturated rings. The summed E-state index contributed by atoms with van der Waals surface area (Å²) < 4.78 is 0.920. The molecule has 0 amide bonds. The quantitative estimate of drug-likeness (QED) is 0.530. The minimum atomic E-state index is 0.293. The maximum Gasteiger partial charge on any atom is 0.0874 e. The van der Waals surface area contributed by atoms with E-state index in [2.05, 4.69) is 43.0 Å². The Hall–Kier alpha value is 1.84. The molecule has 0 unspecified atom stereocenters. The molecule has 6 heteroatoms. The van der Waals surface area contributed by atoms with Crippen molar-refractivity contribution in [2.75, 3.05) is 23.0 Å². The van der Waals surface area contributed by atoms with E-state index >= 15 is 0 Å². The van der Waals surface area contributed by atoms with Gasteiger partial charge in [0.05, 0.1) is 8.66 Å². The standard InChI is InChI=1S/C9H16S6/c1-9(14-6-7-15-9)8(12-4-2-10)13-5-3-11/h6-8,10-11H,2-5H2,1H3. The Balaban J connectivity index is 2.46. The van der Waals surface area contributed by atoms with E-state index in [9.17, 15) is 0 Å². The molecule has 88 valence electrons. The summed E-state index contributed by atoms with van der Waals surface area (Å²) in [5.74, 6) is 4.18. The summed E-state index contributed by atoms with van der Waals surface area (Å²) in [6.45, 7) is 2.34. The first-order chi connectivity index (χ1) is 7.23.